The Hall–Kier alpha value is -2.37. The van der Waals surface area contributed by atoms with Crippen LogP contribution in [-0.2, 0) is 22.6 Å². The van der Waals surface area contributed by atoms with Crippen molar-refractivity contribution in [3.8, 4) is 0 Å². The molecule has 0 unspecified atom stereocenters. The van der Waals surface area contributed by atoms with Crippen molar-refractivity contribution in [2.75, 3.05) is 10.2 Å². The molecule has 0 bridgehead atoms. The summed E-state index contributed by atoms with van der Waals surface area (Å²) >= 11 is 6.06. The van der Waals surface area contributed by atoms with Gasteiger partial charge >= 0.3 is 0 Å². The van der Waals surface area contributed by atoms with E-state index in [0.29, 0.717) is 23.7 Å². The molecule has 3 N–H and O–H groups in total. The number of rotatable bonds is 4. The Morgan fingerprint density at radius 1 is 1.20 bits per heavy atom. The van der Waals surface area contributed by atoms with Crippen molar-refractivity contribution in [1.29, 1.82) is 0 Å². The quantitative estimate of drug-likeness (QED) is 0.885. The van der Waals surface area contributed by atoms with E-state index in [9.17, 15) is 9.59 Å². The Bertz CT molecular complexity index is 859. The summed E-state index contributed by atoms with van der Waals surface area (Å²) in [7, 11) is 0. The fourth-order valence-electron chi connectivity index (χ4n) is 3.00. The van der Waals surface area contributed by atoms with E-state index in [1.807, 2.05) is 36.4 Å². The smallest absolute Gasteiger partial charge is 0.244 e. The molecule has 0 radical (unpaired) electrons. The van der Waals surface area contributed by atoms with Crippen molar-refractivity contribution in [2.45, 2.75) is 31.3 Å². The predicted molar refractivity (Wildman–Crippen MR) is 97.6 cm³/mol. The minimum absolute atomic E-state index is 0.0634. The third-order valence-electron chi connectivity index (χ3n) is 4.77. The fourth-order valence-corrected chi connectivity index (χ4v) is 3.16. The first-order chi connectivity index (χ1) is 11.9. The lowest BCUT2D eigenvalue weighted by Gasteiger charge is -2.18. The van der Waals surface area contributed by atoms with Gasteiger partial charge in [0.2, 0.25) is 11.8 Å². The van der Waals surface area contributed by atoms with Crippen LogP contribution >= 0.6 is 11.6 Å². The lowest BCUT2D eigenvalue weighted by atomic mass is 10.1. The molecule has 2 aromatic rings. The number of hydrogen-bond acceptors (Lipinski definition) is 3. The van der Waals surface area contributed by atoms with Crippen LogP contribution < -0.4 is 16.0 Å². The largest absolute Gasteiger partial charge is 0.324 e. The Kier molecular flexibility index (Phi) is 3.78. The van der Waals surface area contributed by atoms with Crippen molar-refractivity contribution < 1.29 is 9.59 Å². The number of nitrogens with zero attached hydrogens (tertiary/aromatic N) is 1. The summed E-state index contributed by atoms with van der Waals surface area (Å²) in [6, 6.07) is 13.0. The Balaban J connectivity index is 1.48. The van der Waals surface area contributed by atoms with Gasteiger partial charge in [0.05, 0.1) is 18.5 Å². The van der Waals surface area contributed by atoms with E-state index >= 15 is 0 Å². The van der Waals surface area contributed by atoms with Gasteiger partial charge in [0.25, 0.3) is 0 Å². The first-order valence-electron chi connectivity index (χ1n) is 8.23. The second kappa shape index (κ2) is 5.86. The number of carbonyl (C=O) groups is 2. The molecule has 2 aromatic carbocycles. The number of hydrogen-bond donors (Lipinski definition) is 2. The topological polar surface area (TPSA) is 75.4 Å². The van der Waals surface area contributed by atoms with E-state index in [1.165, 1.54) is 0 Å². The molecule has 25 heavy (non-hydrogen) atoms. The molecular weight excluding hydrogens is 338 g/mol. The van der Waals surface area contributed by atoms with Crippen molar-refractivity contribution in [1.82, 2.24) is 0 Å². The van der Waals surface area contributed by atoms with E-state index in [1.54, 1.807) is 11.0 Å². The Morgan fingerprint density at radius 3 is 2.60 bits per heavy atom. The van der Waals surface area contributed by atoms with Crippen LogP contribution in [0.3, 0.4) is 0 Å². The van der Waals surface area contributed by atoms with Gasteiger partial charge in [-0.2, -0.15) is 0 Å². The van der Waals surface area contributed by atoms with Crippen LogP contribution in [0.15, 0.2) is 42.5 Å². The summed E-state index contributed by atoms with van der Waals surface area (Å²) in [5.74, 6) is -0.0769. The highest BCUT2D eigenvalue weighted by Gasteiger charge is 2.45. The molecule has 0 spiro atoms. The molecule has 4 rings (SSSR count). The van der Waals surface area contributed by atoms with Crippen molar-refractivity contribution >= 4 is 34.8 Å². The number of halogens is 1. The second-order valence-corrected chi connectivity index (χ2v) is 7.17. The molecule has 6 heteroatoms. The molecule has 0 atom stereocenters. The number of amides is 2. The van der Waals surface area contributed by atoms with E-state index in [-0.39, 0.29) is 11.8 Å². The molecule has 0 saturated heterocycles. The van der Waals surface area contributed by atoms with Gasteiger partial charge in [-0.3, -0.25) is 9.59 Å². The third kappa shape index (κ3) is 3.13. The third-order valence-corrected chi connectivity index (χ3v) is 5.01. The van der Waals surface area contributed by atoms with Crippen LogP contribution in [0.2, 0.25) is 5.02 Å². The first kappa shape index (κ1) is 16.1. The van der Waals surface area contributed by atoms with Gasteiger partial charge in [0, 0.05) is 16.4 Å². The van der Waals surface area contributed by atoms with Gasteiger partial charge in [0.1, 0.15) is 0 Å². The number of nitrogens with two attached hydrogens (primary N) is 1. The average Bonchev–Trinajstić information content (AvgIpc) is 3.27. The highest BCUT2D eigenvalue weighted by molar-refractivity contribution is 6.31. The van der Waals surface area contributed by atoms with Gasteiger partial charge < -0.3 is 16.0 Å². The minimum atomic E-state index is -0.691. The van der Waals surface area contributed by atoms with Crippen molar-refractivity contribution in [3.05, 3.63) is 58.6 Å². The SMILES string of the molecule is NC1(C(=O)Nc2ccc(CN3C(=O)Cc4ccc(Cl)cc43)cc2)CC1. The van der Waals surface area contributed by atoms with Crippen LogP contribution in [-0.4, -0.2) is 17.4 Å². The maximum absolute atomic E-state index is 12.3. The second-order valence-electron chi connectivity index (χ2n) is 6.74. The molecule has 1 aliphatic carbocycles. The van der Waals surface area contributed by atoms with E-state index in [4.69, 9.17) is 17.3 Å². The lowest BCUT2D eigenvalue weighted by Crippen LogP contribution is -2.37. The van der Waals surface area contributed by atoms with Crippen LogP contribution in [0.1, 0.15) is 24.0 Å². The maximum atomic E-state index is 12.3. The minimum Gasteiger partial charge on any atom is -0.324 e. The van der Waals surface area contributed by atoms with Crippen LogP contribution in [0.25, 0.3) is 0 Å². The summed E-state index contributed by atoms with van der Waals surface area (Å²) in [4.78, 5) is 26.0. The zero-order chi connectivity index (χ0) is 17.6. The van der Waals surface area contributed by atoms with Gasteiger partial charge in [-0.05, 0) is 48.2 Å². The fraction of sp³-hybridized carbons (Fsp3) is 0.263. The van der Waals surface area contributed by atoms with E-state index in [2.05, 4.69) is 5.32 Å². The van der Waals surface area contributed by atoms with Gasteiger partial charge in [-0.15, -0.1) is 0 Å². The van der Waals surface area contributed by atoms with Crippen molar-refractivity contribution in [3.63, 3.8) is 0 Å². The number of fused-ring (bicyclic) bond motifs is 1. The standard InChI is InChI=1S/C19H18ClN3O2/c20-14-4-3-13-9-17(24)23(16(13)10-14)11-12-1-5-15(6-2-12)22-18(25)19(21)7-8-19/h1-6,10H,7-9,11,21H2,(H,22,25). The van der Waals surface area contributed by atoms with Crippen LogP contribution in [0.4, 0.5) is 11.4 Å². The summed E-state index contributed by atoms with van der Waals surface area (Å²) in [5.41, 5.74) is 8.75. The van der Waals surface area contributed by atoms with Gasteiger partial charge in [0.15, 0.2) is 0 Å². The number of carbonyl (C=O) groups excluding carboxylic acids is 2. The van der Waals surface area contributed by atoms with Gasteiger partial charge in [-0.1, -0.05) is 29.8 Å². The van der Waals surface area contributed by atoms with Crippen LogP contribution in [0.5, 0.6) is 0 Å². The number of nitrogens with one attached hydrogen (secondary N) is 1. The molecular formula is C19H18ClN3O2. The molecule has 1 heterocycles. The zero-order valence-electron chi connectivity index (χ0n) is 13.6. The van der Waals surface area contributed by atoms with E-state index in [0.717, 1.165) is 29.7 Å². The summed E-state index contributed by atoms with van der Waals surface area (Å²) < 4.78 is 0. The normalized spacial score (nSPS) is 17.4. The van der Waals surface area contributed by atoms with Crippen molar-refractivity contribution in [2.24, 2.45) is 5.73 Å². The van der Waals surface area contributed by atoms with Crippen LogP contribution in [0, 0.1) is 0 Å². The Morgan fingerprint density at radius 2 is 1.92 bits per heavy atom. The molecule has 1 saturated carbocycles. The summed E-state index contributed by atoms with van der Waals surface area (Å²) in [5, 5.41) is 3.45. The molecule has 2 amide bonds. The molecule has 0 aromatic heterocycles. The van der Waals surface area contributed by atoms with E-state index < -0.39 is 5.54 Å². The molecule has 2 aliphatic rings. The average molecular weight is 356 g/mol. The summed E-state index contributed by atoms with van der Waals surface area (Å²) in [6.07, 6.45) is 1.87. The molecule has 1 fully saturated rings. The highest BCUT2D eigenvalue weighted by atomic mass is 35.5. The monoisotopic (exact) mass is 355 g/mol. The van der Waals surface area contributed by atoms with Gasteiger partial charge in [-0.25, -0.2) is 0 Å². The predicted octanol–water partition coefficient (Wildman–Crippen LogP) is 2.86. The maximum Gasteiger partial charge on any atom is 0.244 e. The number of benzene rings is 2. The summed E-state index contributed by atoms with van der Waals surface area (Å²) in [6.45, 7) is 0.473. The number of anilines is 2. The zero-order valence-corrected chi connectivity index (χ0v) is 14.3. The molecule has 1 aliphatic heterocycles. The lowest BCUT2D eigenvalue weighted by molar-refractivity contribution is -0.118. The molecule has 128 valence electrons. The Labute approximate surface area is 150 Å². The molecule has 5 nitrogen and oxygen atoms in total. The highest BCUT2D eigenvalue weighted by Crippen LogP contribution is 2.34. The first-order valence-corrected chi connectivity index (χ1v) is 8.60.